The molecule has 0 saturated carbocycles. The molecule has 1 aromatic heterocycles. The molecule has 2 bridgehead atoms. The summed E-state index contributed by atoms with van der Waals surface area (Å²) in [6.07, 6.45) is 8.44. The molecule has 0 atom stereocenters. The molecule has 3 aliphatic heterocycles. The Morgan fingerprint density at radius 1 is 0.735 bits per heavy atom. The fourth-order valence-corrected chi connectivity index (χ4v) is 7.88. The highest BCUT2D eigenvalue weighted by molar-refractivity contribution is 7.88. The molecule has 2 aromatic rings. The second kappa shape index (κ2) is 15.8. The van der Waals surface area contributed by atoms with Crippen LogP contribution in [0.4, 0.5) is 11.4 Å². The molecular formula is C32H45N7O8S2. The summed E-state index contributed by atoms with van der Waals surface area (Å²) < 4.78 is 56.8. The maximum Gasteiger partial charge on any atom is 0.255 e. The van der Waals surface area contributed by atoms with Crippen LogP contribution in [0.5, 0.6) is 5.75 Å². The van der Waals surface area contributed by atoms with Crippen molar-refractivity contribution in [3.63, 3.8) is 0 Å². The Hall–Kier alpha value is -3.80. The summed E-state index contributed by atoms with van der Waals surface area (Å²) in [5, 5.41) is 0. The standard InChI is InChI=1S/C32H45N7O8S2/c1-48(43,44)37-16-12-34(13-17-37)30(40)24-36-11-7-3-4-8-20-47-29-10-6-5-9-28(29)39(27-21-26(32(36)42)22-33-23-27)25-31(41)35-14-18-38(19-15-35)49(2,45)46/h5-6,9-10,21-23H,3-4,7-8,11-20,24-25H2,1-2H3. The number of sulfonamides is 2. The lowest BCUT2D eigenvalue weighted by Crippen LogP contribution is -2.53. The fourth-order valence-electron chi connectivity index (χ4n) is 6.22. The molecule has 3 aliphatic rings. The van der Waals surface area contributed by atoms with E-state index in [0.29, 0.717) is 36.7 Å². The Morgan fingerprint density at radius 2 is 1.31 bits per heavy atom. The van der Waals surface area contributed by atoms with Gasteiger partial charge in [0.2, 0.25) is 31.9 Å². The topological polar surface area (TPSA) is 161 Å². The highest BCUT2D eigenvalue weighted by Gasteiger charge is 2.30. The number of hydrogen-bond donors (Lipinski definition) is 0. The number of carbonyl (C=O) groups excluding carboxylic acids is 3. The van der Waals surface area contributed by atoms with Crippen molar-refractivity contribution in [3.8, 4) is 5.75 Å². The van der Waals surface area contributed by atoms with Crippen LogP contribution < -0.4 is 9.64 Å². The van der Waals surface area contributed by atoms with Gasteiger partial charge >= 0.3 is 0 Å². The van der Waals surface area contributed by atoms with Crippen molar-refractivity contribution in [3.05, 3.63) is 48.3 Å². The second-order valence-electron chi connectivity index (χ2n) is 12.6. The van der Waals surface area contributed by atoms with E-state index in [1.807, 2.05) is 24.3 Å². The summed E-state index contributed by atoms with van der Waals surface area (Å²) in [6.45, 7) is 2.35. The molecule has 49 heavy (non-hydrogen) atoms. The monoisotopic (exact) mass is 719 g/mol. The number of carbonyl (C=O) groups is 3. The number of rotatable bonds is 6. The van der Waals surface area contributed by atoms with Gasteiger partial charge in [-0.1, -0.05) is 25.0 Å². The molecule has 4 heterocycles. The van der Waals surface area contributed by atoms with Gasteiger partial charge in [0.15, 0.2) is 0 Å². The van der Waals surface area contributed by atoms with Crippen molar-refractivity contribution in [2.45, 2.75) is 25.7 Å². The van der Waals surface area contributed by atoms with Gasteiger partial charge < -0.3 is 24.3 Å². The lowest BCUT2D eigenvalue weighted by atomic mass is 10.1. The Kier molecular flexibility index (Phi) is 11.8. The van der Waals surface area contributed by atoms with E-state index in [9.17, 15) is 31.2 Å². The van der Waals surface area contributed by atoms with Crippen molar-refractivity contribution in [1.29, 1.82) is 0 Å². The van der Waals surface area contributed by atoms with Gasteiger partial charge in [-0.15, -0.1) is 0 Å². The van der Waals surface area contributed by atoms with E-state index in [4.69, 9.17) is 4.74 Å². The van der Waals surface area contributed by atoms with E-state index in [2.05, 4.69) is 4.98 Å². The average molecular weight is 720 g/mol. The van der Waals surface area contributed by atoms with Crippen LogP contribution in [0.25, 0.3) is 0 Å². The van der Waals surface area contributed by atoms with E-state index in [0.717, 1.165) is 31.8 Å². The Morgan fingerprint density at radius 3 is 1.92 bits per heavy atom. The zero-order valence-electron chi connectivity index (χ0n) is 28.1. The van der Waals surface area contributed by atoms with Crippen molar-refractivity contribution >= 4 is 49.1 Å². The van der Waals surface area contributed by atoms with Gasteiger partial charge in [-0.3, -0.25) is 19.4 Å². The number of benzene rings is 1. The highest BCUT2D eigenvalue weighted by atomic mass is 32.2. The molecule has 268 valence electrons. The summed E-state index contributed by atoms with van der Waals surface area (Å²) in [6, 6.07) is 9.02. The molecule has 0 radical (unpaired) electrons. The molecule has 0 unspecified atom stereocenters. The zero-order valence-corrected chi connectivity index (χ0v) is 29.7. The van der Waals surface area contributed by atoms with Crippen LogP contribution in [0.3, 0.4) is 0 Å². The first-order valence-electron chi connectivity index (χ1n) is 16.5. The third-order valence-corrected chi connectivity index (χ3v) is 11.7. The first-order valence-corrected chi connectivity index (χ1v) is 20.2. The molecule has 5 rings (SSSR count). The number of hydrogen-bond acceptors (Lipinski definition) is 10. The molecule has 15 nitrogen and oxygen atoms in total. The number of nitrogens with zero attached hydrogens (tertiary/aromatic N) is 7. The molecule has 1 aromatic carbocycles. The van der Waals surface area contributed by atoms with Gasteiger partial charge in [0.25, 0.3) is 5.91 Å². The number of anilines is 2. The summed E-state index contributed by atoms with van der Waals surface area (Å²) in [4.78, 5) is 52.0. The van der Waals surface area contributed by atoms with E-state index >= 15 is 0 Å². The lowest BCUT2D eigenvalue weighted by molar-refractivity contribution is -0.133. The predicted octanol–water partition coefficient (Wildman–Crippen LogP) is 0.822. The highest BCUT2D eigenvalue weighted by Crippen LogP contribution is 2.34. The number of para-hydroxylation sites is 2. The summed E-state index contributed by atoms with van der Waals surface area (Å²) in [5.41, 5.74) is 1.34. The maximum absolute atomic E-state index is 14.0. The first-order chi connectivity index (χ1) is 23.3. The van der Waals surface area contributed by atoms with Crippen LogP contribution >= 0.6 is 0 Å². The van der Waals surface area contributed by atoms with Crippen LogP contribution in [-0.2, 0) is 29.6 Å². The minimum atomic E-state index is -3.36. The van der Waals surface area contributed by atoms with E-state index in [1.54, 1.807) is 27.0 Å². The summed E-state index contributed by atoms with van der Waals surface area (Å²) in [7, 11) is -6.72. The van der Waals surface area contributed by atoms with Crippen molar-refractivity contribution in [1.82, 2.24) is 28.3 Å². The van der Waals surface area contributed by atoms with Crippen LogP contribution in [0.1, 0.15) is 36.0 Å². The van der Waals surface area contributed by atoms with Crippen LogP contribution in [0.15, 0.2) is 42.7 Å². The molecule has 3 amide bonds. The minimum Gasteiger partial charge on any atom is -0.491 e. The SMILES string of the molecule is CS(=O)(=O)N1CCN(C(=O)CN2CCCCCCOc3ccccc3N(CC(=O)N3CCN(S(C)(=O)=O)CC3)c3cncc(c3)C2=O)CC1. The third-order valence-electron chi connectivity index (χ3n) is 9.05. The third kappa shape index (κ3) is 9.46. The first kappa shape index (κ1) is 36.5. The average Bonchev–Trinajstić information content (AvgIpc) is 3.08. The van der Waals surface area contributed by atoms with E-state index in [1.165, 1.54) is 19.7 Å². The van der Waals surface area contributed by atoms with Gasteiger partial charge in [0.05, 0.1) is 42.3 Å². The quantitative estimate of drug-likeness (QED) is 0.418. The molecule has 0 N–H and O–H groups in total. The Labute approximate surface area is 288 Å². The van der Waals surface area contributed by atoms with Crippen LogP contribution in [0, 0.1) is 0 Å². The second-order valence-corrected chi connectivity index (χ2v) is 16.5. The maximum atomic E-state index is 14.0. The van der Waals surface area contributed by atoms with Crippen molar-refractivity contribution in [2.75, 3.05) is 96.0 Å². The smallest absolute Gasteiger partial charge is 0.255 e. The molecule has 2 fully saturated rings. The Balaban J connectivity index is 1.40. The number of amides is 3. The van der Waals surface area contributed by atoms with Gasteiger partial charge in [0, 0.05) is 65.1 Å². The van der Waals surface area contributed by atoms with E-state index < -0.39 is 20.0 Å². The zero-order chi connectivity index (χ0) is 35.2. The molecule has 0 spiro atoms. The fraction of sp³-hybridized carbons (Fsp3) is 0.562. The number of piperazine rings is 2. The molecule has 17 heteroatoms. The number of ether oxygens (including phenoxy) is 1. The summed E-state index contributed by atoms with van der Waals surface area (Å²) >= 11 is 0. The normalized spacial score (nSPS) is 19.4. The number of fused-ring (bicyclic) bond motifs is 3. The Bertz CT molecular complexity index is 1720. The van der Waals surface area contributed by atoms with Gasteiger partial charge in [-0.25, -0.2) is 16.8 Å². The summed E-state index contributed by atoms with van der Waals surface area (Å²) in [5.74, 6) is -0.276. The number of aromatic nitrogens is 1. The van der Waals surface area contributed by atoms with Crippen molar-refractivity contribution < 1.29 is 36.0 Å². The van der Waals surface area contributed by atoms with Gasteiger partial charge in [0.1, 0.15) is 18.8 Å². The molecular weight excluding hydrogens is 675 g/mol. The van der Waals surface area contributed by atoms with Gasteiger partial charge in [-0.05, 0) is 31.0 Å². The molecule has 0 aliphatic carbocycles. The van der Waals surface area contributed by atoms with E-state index in [-0.39, 0.29) is 88.7 Å². The largest absolute Gasteiger partial charge is 0.491 e. The van der Waals surface area contributed by atoms with Gasteiger partial charge in [-0.2, -0.15) is 8.61 Å². The van der Waals surface area contributed by atoms with Crippen LogP contribution in [-0.4, -0.2) is 154 Å². The number of pyridine rings is 1. The van der Waals surface area contributed by atoms with Crippen LogP contribution in [0.2, 0.25) is 0 Å². The minimum absolute atomic E-state index is 0.111. The lowest BCUT2D eigenvalue weighted by Gasteiger charge is -2.35. The van der Waals surface area contributed by atoms with Crippen molar-refractivity contribution in [2.24, 2.45) is 0 Å². The predicted molar refractivity (Wildman–Crippen MR) is 184 cm³/mol. The molecule has 2 saturated heterocycles.